The van der Waals surface area contributed by atoms with Gasteiger partial charge in [-0.15, -0.1) is 0 Å². The number of nitrogens with one attached hydrogen (secondary N) is 2. The molecule has 0 aromatic heterocycles. The van der Waals surface area contributed by atoms with Crippen LogP contribution in [-0.2, 0) is 14.4 Å². The second-order valence-electron chi connectivity index (χ2n) is 5.36. The molecule has 0 aliphatic heterocycles. The third-order valence-corrected chi connectivity index (χ3v) is 3.05. The molecule has 0 radical (unpaired) electrons. The number of carboxylic acids is 1. The minimum atomic E-state index is -0.960. The standard InChI is InChI=1S/C16H22N2O5/c1-11(2)12-6-8-13(9-7-12)23-10-15(20)18-17-14(19)4-3-5-16(21)22/h6-9,11H,3-5,10H2,1-2H3,(H,17,19)(H,18,20)(H,21,22). The number of carbonyl (C=O) groups is 3. The predicted molar refractivity (Wildman–Crippen MR) is 83.8 cm³/mol. The molecule has 2 amide bonds. The second-order valence-corrected chi connectivity index (χ2v) is 5.36. The number of hydrazine groups is 1. The van der Waals surface area contributed by atoms with Crippen molar-refractivity contribution in [1.82, 2.24) is 10.9 Å². The Balaban J connectivity index is 2.23. The SMILES string of the molecule is CC(C)c1ccc(OCC(=O)NNC(=O)CCCC(=O)O)cc1. The highest BCUT2D eigenvalue weighted by molar-refractivity contribution is 5.82. The topological polar surface area (TPSA) is 105 Å². The minimum absolute atomic E-state index is 0.0318. The van der Waals surface area contributed by atoms with Crippen LogP contribution < -0.4 is 15.6 Å². The molecule has 126 valence electrons. The van der Waals surface area contributed by atoms with Crippen molar-refractivity contribution >= 4 is 17.8 Å². The van der Waals surface area contributed by atoms with E-state index in [1.807, 2.05) is 12.1 Å². The first-order valence-corrected chi connectivity index (χ1v) is 7.40. The zero-order valence-corrected chi connectivity index (χ0v) is 13.3. The number of hydrogen-bond acceptors (Lipinski definition) is 4. The zero-order chi connectivity index (χ0) is 17.2. The minimum Gasteiger partial charge on any atom is -0.484 e. The third kappa shape index (κ3) is 7.85. The predicted octanol–water partition coefficient (Wildman–Crippen LogP) is 1.59. The van der Waals surface area contributed by atoms with Crippen molar-refractivity contribution in [3.63, 3.8) is 0 Å². The maximum Gasteiger partial charge on any atom is 0.303 e. The van der Waals surface area contributed by atoms with Gasteiger partial charge in [-0.1, -0.05) is 26.0 Å². The quantitative estimate of drug-likeness (QED) is 0.630. The normalized spacial score (nSPS) is 10.2. The van der Waals surface area contributed by atoms with Crippen molar-refractivity contribution < 1.29 is 24.2 Å². The number of carboxylic acid groups (broad SMARTS) is 1. The van der Waals surface area contributed by atoms with Crippen LogP contribution >= 0.6 is 0 Å². The van der Waals surface area contributed by atoms with E-state index < -0.39 is 17.8 Å². The van der Waals surface area contributed by atoms with Crippen molar-refractivity contribution in [2.45, 2.75) is 39.0 Å². The van der Waals surface area contributed by atoms with Crippen LogP contribution in [-0.4, -0.2) is 29.5 Å². The van der Waals surface area contributed by atoms with Crippen LogP contribution in [0.15, 0.2) is 24.3 Å². The molecule has 0 aliphatic carbocycles. The van der Waals surface area contributed by atoms with Crippen molar-refractivity contribution in [3.05, 3.63) is 29.8 Å². The number of carbonyl (C=O) groups excluding carboxylic acids is 2. The number of ether oxygens (including phenoxy) is 1. The van der Waals surface area contributed by atoms with Gasteiger partial charge in [0.1, 0.15) is 5.75 Å². The van der Waals surface area contributed by atoms with Crippen LogP contribution in [0.1, 0.15) is 44.6 Å². The lowest BCUT2D eigenvalue weighted by Crippen LogP contribution is -2.43. The van der Waals surface area contributed by atoms with Gasteiger partial charge in [-0.25, -0.2) is 0 Å². The number of aliphatic carboxylic acids is 1. The van der Waals surface area contributed by atoms with Gasteiger partial charge in [-0.3, -0.25) is 25.2 Å². The largest absolute Gasteiger partial charge is 0.484 e. The van der Waals surface area contributed by atoms with E-state index >= 15 is 0 Å². The summed E-state index contributed by atoms with van der Waals surface area (Å²) in [6, 6.07) is 7.43. The summed E-state index contributed by atoms with van der Waals surface area (Å²) in [4.78, 5) is 33.2. The summed E-state index contributed by atoms with van der Waals surface area (Å²) in [6.07, 6.45) is 0.163. The summed E-state index contributed by atoms with van der Waals surface area (Å²) in [6.45, 7) is 3.95. The fourth-order valence-corrected chi connectivity index (χ4v) is 1.74. The van der Waals surface area contributed by atoms with Crippen molar-refractivity contribution in [3.8, 4) is 5.75 Å². The maximum atomic E-state index is 11.5. The van der Waals surface area contributed by atoms with Crippen molar-refractivity contribution in [1.29, 1.82) is 0 Å². The third-order valence-electron chi connectivity index (χ3n) is 3.05. The average Bonchev–Trinajstić information content (AvgIpc) is 2.51. The summed E-state index contributed by atoms with van der Waals surface area (Å²) in [5.74, 6) is -0.912. The molecule has 0 saturated heterocycles. The molecule has 7 nitrogen and oxygen atoms in total. The smallest absolute Gasteiger partial charge is 0.303 e. The van der Waals surface area contributed by atoms with Crippen molar-refractivity contribution in [2.75, 3.05) is 6.61 Å². The van der Waals surface area contributed by atoms with Gasteiger partial charge in [0.2, 0.25) is 5.91 Å². The Morgan fingerprint density at radius 1 is 1.04 bits per heavy atom. The average molecular weight is 322 g/mol. The molecule has 3 N–H and O–H groups in total. The maximum absolute atomic E-state index is 11.5. The van der Waals surface area contributed by atoms with Gasteiger partial charge in [0.15, 0.2) is 6.61 Å². The highest BCUT2D eigenvalue weighted by Gasteiger charge is 2.07. The van der Waals surface area contributed by atoms with Gasteiger partial charge in [0.25, 0.3) is 5.91 Å². The molecule has 0 heterocycles. The summed E-state index contributed by atoms with van der Waals surface area (Å²) in [5.41, 5.74) is 5.59. The summed E-state index contributed by atoms with van der Waals surface area (Å²) >= 11 is 0. The second kappa shape index (κ2) is 9.45. The van der Waals surface area contributed by atoms with Gasteiger partial charge < -0.3 is 9.84 Å². The Bertz CT molecular complexity index is 540. The van der Waals surface area contributed by atoms with E-state index in [9.17, 15) is 14.4 Å². The molecule has 0 bridgehead atoms. The molecule has 7 heteroatoms. The van der Waals surface area contributed by atoms with Crippen LogP contribution in [0.25, 0.3) is 0 Å². The lowest BCUT2D eigenvalue weighted by molar-refractivity contribution is -0.137. The van der Waals surface area contributed by atoms with Crippen molar-refractivity contribution in [2.24, 2.45) is 0 Å². The fraction of sp³-hybridized carbons (Fsp3) is 0.438. The molecule has 1 aromatic carbocycles. The molecule has 0 fully saturated rings. The number of benzene rings is 1. The lowest BCUT2D eigenvalue weighted by atomic mass is 10.0. The molecule has 0 aliphatic rings. The van der Waals surface area contributed by atoms with Crippen LogP contribution in [0.4, 0.5) is 0 Å². The van der Waals surface area contributed by atoms with Gasteiger partial charge >= 0.3 is 5.97 Å². The molecule has 1 rings (SSSR count). The molecule has 0 unspecified atom stereocenters. The van der Waals surface area contributed by atoms with E-state index in [1.54, 1.807) is 12.1 Å². The molecule has 0 atom stereocenters. The van der Waals surface area contributed by atoms with E-state index in [1.165, 1.54) is 5.56 Å². The Labute approximate surface area is 135 Å². The summed E-state index contributed by atoms with van der Waals surface area (Å²) in [7, 11) is 0. The first-order chi connectivity index (χ1) is 10.9. The monoisotopic (exact) mass is 322 g/mol. The zero-order valence-electron chi connectivity index (χ0n) is 13.3. The molecule has 0 spiro atoms. The van der Waals surface area contributed by atoms with Crippen LogP contribution in [0.5, 0.6) is 5.75 Å². The molecule has 0 saturated carbocycles. The summed E-state index contributed by atoms with van der Waals surface area (Å²) < 4.78 is 5.31. The van der Waals surface area contributed by atoms with Crippen LogP contribution in [0.3, 0.4) is 0 Å². The van der Waals surface area contributed by atoms with Gasteiger partial charge in [0.05, 0.1) is 0 Å². The van der Waals surface area contributed by atoms with E-state index in [2.05, 4.69) is 24.7 Å². The molecule has 1 aromatic rings. The molecular formula is C16H22N2O5. The van der Waals surface area contributed by atoms with Gasteiger partial charge in [-0.05, 0) is 30.0 Å². The number of rotatable bonds is 8. The lowest BCUT2D eigenvalue weighted by Gasteiger charge is -2.10. The summed E-state index contributed by atoms with van der Waals surface area (Å²) in [5, 5.41) is 8.45. The van der Waals surface area contributed by atoms with Gasteiger partial charge in [0, 0.05) is 12.8 Å². The first kappa shape index (κ1) is 18.5. The van der Waals surface area contributed by atoms with E-state index in [4.69, 9.17) is 9.84 Å². The highest BCUT2D eigenvalue weighted by Crippen LogP contribution is 2.18. The van der Waals surface area contributed by atoms with Gasteiger partial charge in [-0.2, -0.15) is 0 Å². The van der Waals surface area contributed by atoms with Crippen LogP contribution in [0.2, 0.25) is 0 Å². The fourth-order valence-electron chi connectivity index (χ4n) is 1.74. The Hall–Kier alpha value is -2.57. The van der Waals surface area contributed by atoms with Crippen LogP contribution in [0, 0.1) is 0 Å². The Morgan fingerprint density at radius 3 is 2.22 bits per heavy atom. The highest BCUT2D eigenvalue weighted by atomic mass is 16.5. The Morgan fingerprint density at radius 2 is 1.65 bits per heavy atom. The van der Waals surface area contributed by atoms with E-state index in [-0.39, 0.29) is 25.9 Å². The number of amides is 2. The molecule has 23 heavy (non-hydrogen) atoms. The number of hydrogen-bond donors (Lipinski definition) is 3. The van der Waals surface area contributed by atoms with E-state index in [0.29, 0.717) is 11.7 Å². The Kier molecular flexibility index (Phi) is 7.59. The van der Waals surface area contributed by atoms with E-state index in [0.717, 1.165) is 0 Å². The molecular weight excluding hydrogens is 300 g/mol. The first-order valence-electron chi connectivity index (χ1n) is 7.40.